The minimum Gasteiger partial charge on any atom is -0.350 e. The predicted octanol–water partition coefficient (Wildman–Crippen LogP) is 2.76. The number of hydrogen-bond donors (Lipinski definition) is 1. The van der Waals surface area contributed by atoms with Crippen molar-refractivity contribution in [2.24, 2.45) is 0 Å². The Morgan fingerprint density at radius 3 is 2.56 bits per heavy atom. The molecule has 84 valence electrons. The van der Waals surface area contributed by atoms with Crippen LogP contribution < -0.4 is 5.32 Å². The fourth-order valence-corrected chi connectivity index (χ4v) is 2.06. The largest absolute Gasteiger partial charge is 0.350 e. The van der Waals surface area contributed by atoms with Crippen molar-refractivity contribution in [3.63, 3.8) is 0 Å². The third-order valence-corrected chi connectivity index (χ3v) is 2.93. The van der Waals surface area contributed by atoms with Crippen molar-refractivity contribution < 1.29 is 4.79 Å². The molecule has 1 fully saturated rings. The lowest BCUT2D eigenvalue weighted by Crippen LogP contribution is -2.30. The SMILES string of the molecule is O=C(/C=C/c1ccccc1)NC1CCCC1. The summed E-state index contributed by atoms with van der Waals surface area (Å²) < 4.78 is 0. The monoisotopic (exact) mass is 215 g/mol. The van der Waals surface area contributed by atoms with Crippen molar-refractivity contribution in [3.8, 4) is 0 Å². The van der Waals surface area contributed by atoms with Crippen LogP contribution in [0.1, 0.15) is 31.2 Å². The topological polar surface area (TPSA) is 29.1 Å². The van der Waals surface area contributed by atoms with E-state index in [0.29, 0.717) is 6.04 Å². The standard InChI is InChI=1S/C14H17NO/c16-14(15-13-8-4-5-9-13)11-10-12-6-2-1-3-7-12/h1-3,6-7,10-11,13H,4-5,8-9H2,(H,15,16)/b11-10+. The van der Waals surface area contributed by atoms with Gasteiger partial charge in [-0.3, -0.25) is 4.79 Å². The first-order valence-corrected chi connectivity index (χ1v) is 5.88. The minimum absolute atomic E-state index is 0.0238. The van der Waals surface area contributed by atoms with E-state index >= 15 is 0 Å². The molecule has 0 saturated heterocycles. The Hall–Kier alpha value is -1.57. The summed E-state index contributed by atoms with van der Waals surface area (Å²) >= 11 is 0. The van der Waals surface area contributed by atoms with Gasteiger partial charge in [-0.15, -0.1) is 0 Å². The minimum atomic E-state index is 0.0238. The molecule has 0 heterocycles. The first kappa shape index (κ1) is 10.9. The molecule has 0 spiro atoms. The average Bonchev–Trinajstić information content (AvgIpc) is 2.81. The molecule has 2 nitrogen and oxygen atoms in total. The number of carbonyl (C=O) groups is 1. The summed E-state index contributed by atoms with van der Waals surface area (Å²) in [5, 5.41) is 3.02. The first-order valence-electron chi connectivity index (χ1n) is 5.88. The van der Waals surface area contributed by atoms with Crippen LogP contribution in [0.4, 0.5) is 0 Å². The smallest absolute Gasteiger partial charge is 0.244 e. The van der Waals surface area contributed by atoms with E-state index in [9.17, 15) is 4.79 Å². The van der Waals surface area contributed by atoms with E-state index in [1.165, 1.54) is 12.8 Å². The second kappa shape index (κ2) is 5.50. The zero-order valence-corrected chi connectivity index (χ0v) is 9.36. The van der Waals surface area contributed by atoms with Crippen LogP contribution in [-0.4, -0.2) is 11.9 Å². The van der Waals surface area contributed by atoms with Gasteiger partial charge in [0.15, 0.2) is 0 Å². The van der Waals surface area contributed by atoms with Gasteiger partial charge in [-0.25, -0.2) is 0 Å². The van der Waals surface area contributed by atoms with Crippen molar-refractivity contribution in [1.82, 2.24) is 5.32 Å². The molecule has 1 saturated carbocycles. The Bertz CT molecular complexity index is 364. The summed E-state index contributed by atoms with van der Waals surface area (Å²) in [4.78, 5) is 11.6. The Balaban J connectivity index is 1.84. The summed E-state index contributed by atoms with van der Waals surface area (Å²) in [5.41, 5.74) is 1.06. The first-order chi connectivity index (χ1) is 7.84. The lowest BCUT2D eigenvalue weighted by molar-refractivity contribution is -0.117. The van der Waals surface area contributed by atoms with E-state index in [-0.39, 0.29) is 5.91 Å². The van der Waals surface area contributed by atoms with E-state index in [0.717, 1.165) is 18.4 Å². The maximum atomic E-state index is 11.6. The van der Waals surface area contributed by atoms with E-state index in [1.54, 1.807) is 6.08 Å². The zero-order chi connectivity index (χ0) is 11.2. The fraction of sp³-hybridized carbons (Fsp3) is 0.357. The van der Waals surface area contributed by atoms with Crippen LogP contribution in [0.2, 0.25) is 0 Å². The molecule has 1 aromatic carbocycles. The summed E-state index contributed by atoms with van der Waals surface area (Å²) in [6, 6.07) is 10.3. The van der Waals surface area contributed by atoms with Crippen molar-refractivity contribution in [2.75, 3.05) is 0 Å². The molecule has 0 bridgehead atoms. The van der Waals surface area contributed by atoms with Gasteiger partial charge in [0.2, 0.25) is 5.91 Å². The van der Waals surface area contributed by atoms with Gasteiger partial charge in [0.25, 0.3) is 0 Å². The molecule has 0 aliphatic heterocycles. The number of benzene rings is 1. The molecule has 16 heavy (non-hydrogen) atoms. The third-order valence-electron chi connectivity index (χ3n) is 2.93. The maximum Gasteiger partial charge on any atom is 0.244 e. The van der Waals surface area contributed by atoms with Crippen LogP contribution in [0.15, 0.2) is 36.4 Å². The molecule has 1 aliphatic carbocycles. The van der Waals surface area contributed by atoms with Gasteiger partial charge in [0.1, 0.15) is 0 Å². The van der Waals surface area contributed by atoms with Crippen molar-refractivity contribution in [1.29, 1.82) is 0 Å². The molecule has 1 aromatic rings. The van der Waals surface area contributed by atoms with Gasteiger partial charge in [0, 0.05) is 12.1 Å². The highest BCUT2D eigenvalue weighted by molar-refractivity contribution is 5.91. The van der Waals surface area contributed by atoms with E-state index < -0.39 is 0 Å². The fourth-order valence-electron chi connectivity index (χ4n) is 2.06. The molecule has 1 aliphatic rings. The van der Waals surface area contributed by atoms with Gasteiger partial charge >= 0.3 is 0 Å². The van der Waals surface area contributed by atoms with Gasteiger partial charge in [-0.2, -0.15) is 0 Å². The van der Waals surface area contributed by atoms with Crippen LogP contribution in [-0.2, 0) is 4.79 Å². The molecular weight excluding hydrogens is 198 g/mol. The van der Waals surface area contributed by atoms with Crippen LogP contribution in [0.5, 0.6) is 0 Å². The molecule has 0 unspecified atom stereocenters. The third kappa shape index (κ3) is 3.23. The Morgan fingerprint density at radius 2 is 1.88 bits per heavy atom. The number of amides is 1. The molecule has 0 atom stereocenters. The Kier molecular flexibility index (Phi) is 3.76. The number of rotatable bonds is 3. The number of hydrogen-bond acceptors (Lipinski definition) is 1. The molecular formula is C14H17NO. The maximum absolute atomic E-state index is 11.6. The van der Waals surface area contributed by atoms with Crippen LogP contribution in [0, 0.1) is 0 Å². The molecule has 0 radical (unpaired) electrons. The zero-order valence-electron chi connectivity index (χ0n) is 9.36. The Morgan fingerprint density at radius 1 is 1.19 bits per heavy atom. The Labute approximate surface area is 96.4 Å². The second-order valence-corrected chi connectivity index (χ2v) is 4.23. The quantitative estimate of drug-likeness (QED) is 0.772. The van der Waals surface area contributed by atoms with E-state index in [2.05, 4.69) is 5.32 Å². The van der Waals surface area contributed by atoms with Crippen LogP contribution in [0.3, 0.4) is 0 Å². The summed E-state index contributed by atoms with van der Waals surface area (Å²) in [6.45, 7) is 0. The van der Waals surface area contributed by atoms with Gasteiger partial charge in [0.05, 0.1) is 0 Å². The molecule has 2 heteroatoms. The molecule has 1 N–H and O–H groups in total. The lowest BCUT2D eigenvalue weighted by Gasteiger charge is -2.08. The van der Waals surface area contributed by atoms with Gasteiger partial charge < -0.3 is 5.32 Å². The van der Waals surface area contributed by atoms with Crippen molar-refractivity contribution in [3.05, 3.63) is 42.0 Å². The summed E-state index contributed by atoms with van der Waals surface area (Å²) in [5.74, 6) is 0.0238. The van der Waals surface area contributed by atoms with Crippen LogP contribution >= 0.6 is 0 Å². The highest BCUT2D eigenvalue weighted by Gasteiger charge is 2.15. The summed E-state index contributed by atoms with van der Waals surface area (Å²) in [6.07, 6.45) is 8.22. The highest BCUT2D eigenvalue weighted by atomic mass is 16.1. The normalized spacial score (nSPS) is 16.8. The predicted molar refractivity (Wildman–Crippen MR) is 65.9 cm³/mol. The second-order valence-electron chi connectivity index (χ2n) is 4.23. The average molecular weight is 215 g/mol. The summed E-state index contributed by atoms with van der Waals surface area (Å²) in [7, 11) is 0. The molecule has 0 aromatic heterocycles. The molecule has 2 rings (SSSR count). The van der Waals surface area contributed by atoms with Crippen molar-refractivity contribution >= 4 is 12.0 Å². The lowest BCUT2D eigenvalue weighted by atomic mass is 10.2. The highest BCUT2D eigenvalue weighted by Crippen LogP contribution is 2.17. The number of nitrogens with one attached hydrogen (secondary N) is 1. The number of carbonyl (C=O) groups excluding carboxylic acids is 1. The van der Waals surface area contributed by atoms with Gasteiger partial charge in [-0.1, -0.05) is 43.2 Å². The van der Waals surface area contributed by atoms with Gasteiger partial charge in [-0.05, 0) is 24.5 Å². The van der Waals surface area contributed by atoms with E-state index in [1.807, 2.05) is 36.4 Å². The molecule has 1 amide bonds. The van der Waals surface area contributed by atoms with Crippen molar-refractivity contribution in [2.45, 2.75) is 31.7 Å². The van der Waals surface area contributed by atoms with Crippen LogP contribution in [0.25, 0.3) is 6.08 Å². The van der Waals surface area contributed by atoms with E-state index in [4.69, 9.17) is 0 Å².